The lowest BCUT2D eigenvalue weighted by Gasteiger charge is -2.14. The molecule has 9 nitrogen and oxygen atoms in total. The number of anilines is 2. The lowest BCUT2D eigenvalue weighted by atomic mass is 10.1. The molecular formula is C21H27ClN6O3. The number of fused-ring (bicyclic) bond motifs is 4. The van der Waals surface area contributed by atoms with Crippen LogP contribution in [-0.2, 0) is 9.53 Å². The minimum Gasteiger partial charge on any atom is -0.448 e. The third-order valence-corrected chi connectivity index (χ3v) is 4.96. The van der Waals surface area contributed by atoms with Crippen LogP contribution in [0.25, 0.3) is 11.3 Å². The first-order chi connectivity index (χ1) is 14.8. The van der Waals surface area contributed by atoms with Crippen LogP contribution in [0.5, 0.6) is 0 Å². The summed E-state index contributed by atoms with van der Waals surface area (Å²) in [5, 5.41) is 5.89. The molecule has 0 saturated heterocycles. The quantitative estimate of drug-likeness (QED) is 0.532. The van der Waals surface area contributed by atoms with E-state index in [9.17, 15) is 9.59 Å². The molecule has 0 radical (unpaired) electrons. The Morgan fingerprint density at radius 1 is 1.39 bits per heavy atom. The summed E-state index contributed by atoms with van der Waals surface area (Å²) in [4.78, 5) is 34.0. The van der Waals surface area contributed by atoms with Crippen LogP contribution in [0.1, 0.15) is 31.1 Å². The lowest BCUT2D eigenvalue weighted by molar-refractivity contribution is -0.116. The number of rotatable bonds is 4. The van der Waals surface area contributed by atoms with Crippen molar-refractivity contribution < 1.29 is 14.3 Å². The van der Waals surface area contributed by atoms with Gasteiger partial charge in [0.25, 0.3) is 0 Å². The van der Waals surface area contributed by atoms with Crippen molar-refractivity contribution in [1.29, 1.82) is 0 Å². The van der Waals surface area contributed by atoms with Gasteiger partial charge in [0.15, 0.2) is 0 Å². The van der Waals surface area contributed by atoms with Crippen LogP contribution in [0.2, 0.25) is 5.15 Å². The highest BCUT2D eigenvalue weighted by atomic mass is 35.5. The minimum absolute atomic E-state index is 0.160. The van der Waals surface area contributed by atoms with Crippen LogP contribution in [0.4, 0.5) is 16.2 Å². The molecule has 0 fully saturated rings. The zero-order chi connectivity index (χ0) is 22.4. The summed E-state index contributed by atoms with van der Waals surface area (Å²) in [6.07, 6.45) is 4.76. The van der Waals surface area contributed by atoms with Crippen molar-refractivity contribution in [1.82, 2.24) is 14.9 Å². The fourth-order valence-corrected chi connectivity index (χ4v) is 3.27. The van der Waals surface area contributed by atoms with Gasteiger partial charge in [-0.1, -0.05) is 23.8 Å². The molecule has 166 valence electrons. The number of imidazole rings is 1. The maximum Gasteiger partial charge on any atom is 0.411 e. The topological polar surface area (TPSA) is 125 Å². The molecular weight excluding hydrogens is 420 g/mol. The smallest absolute Gasteiger partial charge is 0.411 e. The van der Waals surface area contributed by atoms with Gasteiger partial charge in [-0.25, -0.2) is 9.78 Å². The number of nitrogens with one attached hydrogen (secondary N) is 3. The van der Waals surface area contributed by atoms with E-state index in [-0.39, 0.29) is 18.6 Å². The van der Waals surface area contributed by atoms with E-state index in [2.05, 4.69) is 20.6 Å². The number of ether oxygens (including phenoxy) is 1. The second-order valence-corrected chi connectivity index (χ2v) is 7.89. The number of H-pyrrole nitrogens is 1. The Morgan fingerprint density at radius 2 is 2.19 bits per heavy atom. The molecule has 0 saturated carbocycles. The highest BCUT2D eigenvalue weighted by Gasteiger charge is 2.19. The average molecular weight is 447 g/mol. The van der Waals surface area contributed by atoms with Gasteiger partial charge in [-0.05, 0) is 45.1 Å². The Morgan fingerprint density at radius 3 is 2.97 bits per heavy atom. The molecule has 2 amide bonds. The van der Waals surface area contributed by atoms with E-state index in [4.69, 9.17) is 22.1 Å². The van der Waals surface area contributed by atoms with Crippen LogP contribution in [-0.4, -0.2) is 54.1 Å². The fraction of sp³-hybridized carbons (Fsp3) is 0.381. The predicted octanol–water partition coefficient (Wildman–Crippen LogP) is 3.52. The number of nitrogens with two attached hydrogens (primary N) is 1. The maximum absolute atomic E-state index is 12.5. The van der Waals surface area contributed by atoms with Crippen molar-refractivity contribution in [2.75, 3.05) is 37.9 Å². The molecule has 2 aromatic rings. The number of carbonyl (C=O) groups is 2. The van der Waals surface area contributed by atoms with Gasteiger partial charge in [0.2, 0.25) is 5.91 Å². The van der Waals surface area contributed by atoms with E-state index in [1.807, 2.05) is 31.1 Å². The van der Waals surface area contributed by atoms with Crippen molar-refractivity contribution in [2.24, 2.45) is 5.73 Å². The number of amides is 2. The van der Waals surface area contributed by atoms with E-state index in [1.54, 1.807) is 18.2 Å². The third-order valence-electron chi connectivity index (χ3n) is 4.69. The van der Waals surface area contributed by atoms with Crippen molar-refractivity contribution >= 4 is 35.0 Å². The number of likely N-dealkylation sites (N-methyl/N-ethyl adjacent to an activating group) is 1. The molecule has 1 aliphatic rings. The van der Waals surface area contributed by atoms with E-state index in [0.717, 1.165) is 0 Å². The Kier molecular flexibility index (Phi) is 7.67. The first-order valence-electron chi connectivity index (χ1n) is 10.0. The van der Waals surface area contributed by atoms with Crippen molar-refractivity contribution in [3.05, 3.63) is 41.3 Å². The highest BCUT2D eigenvalue weighted by molar-refractivity contribution is 6.32. The van der Waals surface area contributed by atoms with Crippen LogP contribution < -0.4 is 16.4 Å². The number of hydrogen-bond acceptors (Lipinski definition) is 6. The monoisotopic (exact) mass is 446 g/mol. The van der Waals surface area contributed by atoms with Gasteiger partial charge in [-0.3, -0.25) is 10.1 Å². The van der Waals surface area contributed by atoms with Crippen LogP contribution in [0, 0.1) is 0 Å². The molecule has 2 bridgehead atoms. The number of nitrogens with zero attached hydrogens (tertiary/aromatic N) is 2. The Bertz CT molecular complexity index is 972. The number of aromatic amines is 1. The SMILES string of the molecule is CN(C)CCOC(=O)Nc1ccc2c(c1)NC(=O)CC/C=C/C[C@H](N)c1nc-2c(Cl)[nH]1. The standard InChI is InChI=1S/C21H27ClN6O3/c1-28(2)10-11-31-21(30)24-13-8-9-14-16(12-13)25-17(29)7-5-3-4-6-15(23)20-26-18(14)19(22)27-20/h3-4,8-9,12,15H,5-7,10-11,23H2,1-2H3,(H,24,30)(H,25,29)(H,26,27)/b4-3+/t15-/m0/s1. The Hall–Kier alpha value is -2.88. The summed E-state index contributed by atoms with van der Waals surface area (Å²) in [5.41, 5.74) is 8.25. The van der Waals surface area contributed by atoms with Gasteiger partial charge in [0, 0.05) is 24.2 Å². The van der Waals surface area contributed by atoms with Crippen molar-refractivity contribution in [2.45, 2.75) is 25.3 Å². The number of carbonyl (C=O) groups excluding carboxylic acids is 2. The predicted molar refractivity (Wildman–Crippen MR) is 121 cm³/mol. The zero-order valence-corrected chi connectivity index (χ0v) is 18.3. The highest BCUT2D eigenvalue weighted by Crippen LogP contribution is 2.35. The van der Waals surface area contributed by atoms with Crippen LogP contribution in [0.15, 0.2) is 30.4 Å². The molecule has 1 aromatic heterocycles. The molecule has 2 heterocycles. The first-order valence-corrected chi connectivity index (χ1v) is 10.4. The number of halogens is 1. The molecule has 10 heteroatoms. The van der Waals surface area contributed by atoms with Gasteiger partial charge in [-0.15, -0.1) is 0 Å². The van der Waals surface area contributed by atoms with Gasteiger partial charge in [-0.2, -0.15) is 0 Å². The molecule has 0 unspecified atom stereocenters. The van der Waals surface area contributed by atoms with Crippen LogP contribution in [0.3, 0.4) is 0 Å². The van der Waals surface area contributed by atoms with E-state index in [0.29, 0.717) is 59.4 Å². The van der Waals surface area contributed by atoms with Crippen molar-refractivity contribution in [3.8, 4) is 11.3 Å². The van der Waals surface area contributed by atoms with E-state index in [1.165, 1.54) is 0 Å². The second-order valence-electron chi connectivity index (χ2n) is 7.51. The molecule has 31 heavy (non-hydrogen) atoms. The zero-order valence-electron chi connectivity index (χ0n) is 17.6. The molecule has 5 N–H and O–H groups in total. The number of benzene rings is 1. The summed E-state index contributed by atoms with van der Waals surface area (Å²) in [5.74, 6) is 0.403. The summed E-state index contributed by atoms with van der Waals surface area (Å²) < 4.78 is 5.16. The third kappa shape index (κ3) is 6.30. The number of allylic oxidation sites excluding steroid dienone is 1. The lowest BCUT2D eigenvalue weighted by Crippen LogP contribution is -2.22. The molecule has 0 aliphatic carbocycles. The van der Waals surface area contributed by atoms with Crippen LogP contribution >= 0.6 is 11.6 Å². The molecule has 1 aliphatic heterocycles. The summed E-state index contributed by atoms with van der Waals surface area (Å²) >= 11 is 6.39. The number of hydrogen-bond donors (Lipinski definition) is 4. The number of aromatic nitrogens is 2. The first kappa shape index (κ1) is 22.8. The summed E-state index contributed by atoms with van der Waals surface area (Å²) in [6, 6.07) is 4.75. The normalized spacial score (nSPS) is 17.6. The summed E-state index contributed by atoms with van der Waals surface area (Å²) in [7, 11) is 3.79. The average Bonchev–Trinajstić information content (AvgIpc) is 3.08. The van der Waals surface area contributed by atoms with Gasteiger partial charge in [0.1, 0.15) is 23.3 Å². The largest absolute Gasteiger partial charge is 0.448 e. The Balaban J connectivity index is 1.89. The fourth-order valence-electron chi connectivity index (χ4n) is 3.03. The second kappa shape index (κ2) is 10.4. The molecule has 0 spiro atoms. The molecule has 1 aromatic carbocycles. The van der Waals surface area contributed by atoms with E-state index >= 15 is 0 Å². The Labute approximate surface area is 186 Å². The van der Waals surface area contributed by atoms with Gasteiger partial charge in [0.05, 0.1) is 11.7 Å². The van der Waals surface area contributed by atoms with E-state index < -0.39 is 6.09 Å². The summed E-state index contributed by atoms with van der Waals surface area (Å²) in [6.45, 7) is 0.879. The maximum atomic E-state index is 12.5. The molecule has 3 rings (SSSR count). The molecule has 1 atom stereocenters. The minimum atomic E-state index is -0.575. The van der Waals surface area contributed by atoms with Gasteiger partial charge < -0.3 is 25.7 Å². The van der Waals surface area contributed by atoms with Gasteiger partial charge >= 0.3 is 6.09 Å². The van der Waals surface area contributed by atoms with Crippen molar-refractivity contribution in [3.63, 3.8) is 0 Å².